The number of aryl methyl sites for hydroxylation is 4. The molecule has 0 unspecified atom stereocenters. The second kappa shape index (κ2) is 3.54. The van der Waals surface area contributed by atoms with E-state index in [1.165, 1.54) is 33.4 Å². The van der Waals surface area contributed by atoms with Crippen LogP contribution in [0.15, 0.2) is 24.3 Å². The molecule has 0 aromatic heterocycles. The number of hydrogen-bond acceptors (Lipinski definition) is 0. The minimum Gasteiger partial charge on any atom is -0.0961 e. The Labute approximate surface area is 110 Å². The molecule has 0 bridgehead atoms. The van der Waals surface area contributed by atoms with Crippen molar-refractivity contribution in [2.45, 2.75) is 25.7 Å². The highest BCUT2D eigenvalue weighted by Gasteiger charge is 2.25. The van der Waals surface area contributed by atoms with E-state index in [-0.39, 0.29) is 0 Å². The highest BCUT2D eigenvalue weighted by atomic mass is 14.3. The molecule has 0 heterocycles. The first-order valence-corrected chi connectivity index (χ1v) is 6.55. The van der Waals surface area contributed by atoms with Crippen LogP contribution in [0.25, 0.3) is 11.1 Å². The lowest BCUT2D eigenvalue weighted by Gasteiger charge is -2.30. The van der Waals surface area contributed by atoms with Crippen LogP contribution in [-0.4, -0.2) is 15.7 Å². The van der Waals surface area contributed by atoms with Crippen LogP contribution in [0.2, 0.25) is 0 Å². The number of rotatable bonds is 0. The van der Waals surface area contributed by atoms with Crippen LogP contribution in [0.4, 0.5) is 0 Å². The van der Waals surface area contributed by atoms with Gasteiger partial charge in [-0.1, -0.05) is 35.2 Å². The summed E-state index contributed by atoms with van der Waals surface area (Å²) < 4.78 is 0. The molecule has 0 amide bonds. The largest absolute Gasteiger partial charge is 0.113 e. The lowest BCUT2D eigenvalue weighted by molar-refractivity contribution is 0.880. The average Bonchev–Trinajstić information content (AvgIpc) is 2.34. The van der Waals surface area contributed by atoms with Crippen LogP contribution in [0.1, 0.15) is 22.3 Å². The fourth-order valence-electron chi connectivity index (χ4n) is 3.56. The van der Waals surface area contributed by atoms with Crippen molar-refractivity contribution in [1.29, 1.82) is 0 Å². The van der Waals surface area contributed by atoms with E-state index in [9.17, 15) is 0 Å². The summed E-state index contributed by atoms with van der Waals surface area (Å²) in [4.78, 5) is 0. The molecule has 2 aliphatic rings. The molecule has 0 fully saturated rings. The third kappa shape index (κ3) is 1.35. The molecule has 0 saturated carbocycles. The molecule has 2 aliphatic carbocycles. The standard InChI is InChI=1S/C16H12B2/c17-13-5-9-1-2-10-6-14(18)8-12-4-3-11(7-13)15(9)16(10)12/h5-8H,1-4H2. The first-order chi connectivity index (χ1) is 8.72. The summed E-state index contributed by atoms with van der Waals surface area (Å²) in [5.74, 6) is 0. The molecular formula is C16H12B2. The molecule has 2 heteroatoms. The fourth-order valence-corrected chi connectivity index (χ4v) is 3.56. The van der Waals surface area contributed by atoms with E-state index in [2.05, 4.69) is 24.3 Å². The van der Waals surface area contributed by atoms with E-state index < -0.39 is 0 Å². The van der Waals surface area contributed by atoms with Crippen molar-refractivity contribution in [2.24, 2.45) is 0 Å². The smallest absolute Gasteiger partial charge is 0.0961 e. The first-order valence-electron chi connectivity index (χ1n) is 6.55. The van der Waals surface area contributed by atoms with Gasteiger partial charge in [-0.15, -0.1) is 0 Å². The highest BCUT2D eigenvalue weighted by molar-refractivity contribution is 6.33. The van der Waals surface area contributed by atoms with Gasteiger partial charge in [-0.25, -0.2) is 0 Å². The van der Waals surface area contributed by atoms with Crippen LogP contribution in [0, 0.1) is 0 Å². The number of benzene rings is 2. The molecule has 4 rings (SSSR count). The zero-order chi connectivity index (χ0) is 12.3. The molecule has 2 aromatic rings. The molecule has 2 aromatic carbocycles. The van der Waals surface area contributed by atoms with Gasteiger partial charge in [0, 0.05) is 0 Å². The summed E-state index contributed by atoms with van der Waals surface area (Å²) in [7, 11) is 12.0. The van der Waals surface area contributed by atoms with Gasteiger partial charge in [0.05, 0.1) is 0 Å². The minimum absolute atomic E-state index is 0.908. The second-order valence-electron chi connectivity index (χ2n) is 5.43. The maximum atomic E-state index is 6.00. The Hall–Kier alpha value is -1.43. The summed E-state index contributed by atoms with van der Waals surface area (Å²) in [6.07, 6.45) is 4.35. The molecule has 0 nitrogen and oxygen atoms in total. The lowest BCUT2D eigenvalue weighted by Crippen LogP contribution is -2.20. The van der Waals surface area contributed by atoms with Gasteiger partial charge in [0.25, 0.3) is 0 Å². The Kier molecular flexibility index (Phi) is 2.06. The van der Waals surface area contributed by atoms with Gasteiger partial charge in [-0.05, 0) is 59.1 Å². The maximum Gasteiger partial charge on any atom is 0.113 e. The van der Waals surface area contributed by atoms with Crippen molar-refractivity contribution in [2.75, 3.05) is 0 Å². The Bertz CT molecular complexity index is 561. The van der Waals surface area contributed by atoms with Crippen LogP contribution < -0.4 is 10.9 Å². The maximum absolute atomic E-state index is 6.00. The van der Waals surface area contributed by atoms with E-state index in [1.54, 1.807) is 0 Å². The summed E-state index contributed by atoms with van der Waals surface area (Å²) in [5, 5.41) is 0. The van der Waals surface area contributed by atoms with Crippen LogP contribution >= 0.6 is 0 Å². The van der Waals surface area contributed by atoms with Crippen molar-refractivity contribution in [3.05, 3.63) is 46.5 Å². The third-order valence-electron chi connectivity index (χ3n) is 4.23. The molecule has 0 spiro atoms. The molecule has 4 radical (unpaired) electrons. The van der Waals surface area contributed by atoms with Gasteiger partial charge in [-0.3, -0.25) is 0 Å². The lowest BCUT2D eigenvalue weighted by atomic mass is 9.72. The Morgan fingerprint density at radius 3 is 1.11 bits per heavy atom. The molecule has 0 atom stereocenters. The van der Waals surface area contributed by atoms with Crippen LogP contribution in [0.5, 0.6) is 0 Å². The molecular weight excluding hydrogens is 214 g/mol. The molecule has 0 saturated heterocycles. The van der Waals surface area contributed by atoms with Gasteiger partial charge >= 0.3 is 0 Å². The molecule has 18 heavy (non-hydrogen) atoms. The predicted molar refractivity (Wildman–Crippen MR) is 77.5 cm³/mol. The van der Waals surface area contributed by atoms with Gasteiger partial charge in [0.15, 0.2) is 0 Å². The fraction of sp³-hybridized carbons (Fsp3) is 0.250. The summed E-state index contributed by atoms with van der Waals surface area (Å²) in [6.45, 7) is 0. The predicted octanol–water partition coefficient (Wildman–Crippen LogP) is 1.14. The Morgan fingerprint density at radius 1 is 0.556 bits per heavy atom. The number of hydrogen-bond donors (Lipinski definition) is 0. The first kappa shape index (κ1) is 10.5. The Morgan fingerprint density at radius 2 is 0.833 bits per heavy atom. The summed E-state index contributed by atoms with van der Waals surface area (Å²) in [6, 6.07) is 8.58. The van der Waals surface area contributed by atoms with E-state index in [0.29, 0.717) is 0 Å². The third-order valence-corrected chi connectivity index (χ3v) is 4.23. The van der Waals surface area contributed by atoms with Gasteiger partial charge in [0.1, 0.15) is 15.7 Å². The zero-order valence-corrected chi connectivity index (χ0v) is 10.3. The monoisotopic (exact) mass is 226 g/mol. The van der Waals surface area contributed by atoms with Crippen LogP contribution in [-0.2, 0) is 25.7 Å². The van der Waals surface area contributed by atoms with E-state index in [0.717, 1.165) is 36.6 Å². The zero-order valence-electron chi connectivity index (χ0n) is 10.3. The topological polar surface area (TPSA) is 0 Å². The molecule has 0 aliphatic heterocycles. The second-order valence-corrected chi connectivity index (χ2v) is 5.43. The average molecular weight is 226 g/mol. The summed E-state index contributed by atoms with van der Waals surface area (Å²) >= 11 is 0. The van der Waals surface area contributed by atoms with E-state index in [4.69, 9.17) is 15.7 Å². The van der Waals surface area contributed by atoms with Gasteiger partial charge in [-0.2, -0.15) is 0 Å². The van der Waals surface area contributed by atoms with Crippen molar-refractivity contribution in [3.63, 3.8) is 0 Å². The minimum atomic E-state index is 0.908. The van der Waals surface area contributed by atoms with Crippen molar-refractivity contribution in [3.8, 4) is 11.1 Å². The Balaban J connectivity index is 2.10. The van der Waals surface area contributed by atoms with Crippen molar-refractivity contribution in [1.82, 2.24) is 0 Å². The van der Waals surface area contributed by atoms with E-state index in [1.807, 2.05) is 0 Å². The normalized spacial score (nSPS) is 15.3. The van der Waals surface area contributed by atoms with Gasteiger partial charge in [0.2, 0.25) is 0 Å². The van der Waals surface area contributed by atoms with Crippen molar-refractivity contribution < 1.29 is 0 Å². The quantitative estimate of drug-likeness (QED) is 0.590. The molecule has 82 valence electrons. The van der Waals surface area contributed by atoms with Gasteiger partial charge < -0.3 is 0 Å². The van der Waals surface area contributed by atoms with Crippen LogP contribution in [0.3, 0.4) is 0 Å². The highest BCUT2D eigenvalue weighted by Crippen LogP contribution is 2.41. The molecule has 0 N–H and O–H groups in total. The summed E-state index contributed by atoms with van der Waals surface area (Å²) in [5.41, 5.74) is 10.4. The van der Waals surface area contributed by atoms with Crippen molar-refractivity contribution >= 4 is 26.6 Å². The SMILES string of the molecule is [B]c1cc2c3c(c1)CCc1cc([B])cc(c1-3)CC2. The van der Waals surface area contributed by atoms with E-state index >= 15 is 0 Å².